The molecule has 1 fully saturated rings. The number of carbonyl (C=O) groups is 2. The van der Waals surface area contributed by atoms with Gasteiger partial charge in [-0.1, -0.05) is 24.3 Å². The molecule has 0 aliphatic carbocycles. The SMILES string of the molecule is Cc1ccccc1[C@H]1CCN(CCNC(=O)c2ccc(C(=O)O)cc2)C1. The lowest BCUT2D eigenvalue weighted by Crippen LogP contribution is -2.33. The lowest BCUT2D eigenvalue weighted by atomic mass is 9.94. The molecular weight excluding hydrogens is 328 g/mol. The Hall–Kier alpha value is -2.66. The van der Waals surface area contributed by atoms with E-state index in [4.69, 9.17) is 5.11 Å². The van der Waals surface area contributed by atoms with E-state index in [-0.39, 0.29) is 11.5 Å². The van der Waals surface area contributed by atoms with Gasteiger partial charge in [0, 0.05) is 25.2 Å². The Morgan fingerprint density at radius 2 is 1.81 bits per heavy atom. The number of hydrogen-bond acceptors (Lipinski definition) is 3. The molecule has 1 heterocycles. The van der Waals surface area contributed by atoms with Crippen LogP contribution in [0.3, 0.4) is 0 Å². The minimum Gasteiger partial charge on any atom is -0.478 e. The van der Waals surface area contributed by atoms with Crippen LogP contribution in [0.15, 0.2) is 48.5 Å². The molecule has 0 radical (unpaired) electrons. The van der Waals surface area contributed by atoms with Crippen LogP contribution < -0.4 is 5.32 Å². The normalized spacial score (nSPS) is 17.2. The number of carboxylic acid groups (broad SMARTS) is 1. The van der Waals surface area contributed by atoms with Gasteiger partial charge in [-0.3, -0.25) is 4.79 Å². The Kier molecular flexibility index (Phi) is 5.68. The molecule has 5 heteroatoms. The fraction of sp³-hybridized carbons (Fsp3) is 0.333. The zero-order valence-corrected chi connectivity index (χ0v) is 14.9. The summed E-state index contributed by atoms with van der Waals surface area (Å²) < 4.78 is 0. The second-order valence-electron chi connectivity index (χ2n) is 6.78. The summed E-state index contributed by atoms with van der Waals surface area (Å²) in [7, 11) is 0. The Labute approximate surface area is 153 Å². The maximum absolute atomic E-state index is 12.2. The number of aromatic carboxylic acids is 1. The third kappa shape index (κ3) is 4.29. The van der Waals surface area contributed by atoms with E-state index in [0.717, 1.165) is 26.1 Å². The van der Waals surface area contributed by atoms with E-state index in [1.165, 1.54) is 23.3 Å². The highest BCUT2D eigenvalue weighted by molar-refractivity contribution is 5.95. The molecule has 2 N–H and O–H groups in total. The summed E-state index contributed by atoms with van der Waals surface area (Å²) >= 11 is 0. The maximum atomic E-state index is 12.2. The van der Waals surface area contributed by atoms with Crippen LogP contribution in [0.1, 0.15) is 44.2 Å². The number of aryl methyl sites for hydroxylation is 1. The van der Waals surface area contributed by atoms with E-state index in [1.54, 1.807) is 12.1 Å². The number of hydrogen-bond donors (Lipinski definition) is 2. The lowest BCUT2D eigenvalue weighted by Gasteiger charge is -2.17. The summed E-state index contributed by atoms with van der Waals surface area (Å²) in [6, 6.07) is 14.5. The van der Waals surface area contributed by atoms with Gasteiger partial charge in [0.15, 0.2) is 0 Å². The summed E-state index contributed by atoms with van der Waals surface area (Å²) in [6.07, 6.45) is 1.15. The average Bonchev–Trinajstić information content (AvgIpc) is 3.10. The number of carboxylic acids is 1. The van der Waals surface area contributed by atoms with Crippen molar-refractivity contribution in [1.82, 2.24) is 10.2 Å². The zero-order chi connectivity index (χ0) is 18.5. The van der Waals surface area contributed by atoms with Crippen LogP contribution >= 0.6 is 0 Å². The molecule has 0 saturated carbocycles. The molecule has 1 saturated heterocycles. The standard InChI is InChI=1S/C21H24N2O3/c1-15-4-2-3-5-19(15)18-10-12-23(14-18)13-11-22-20(24)16-6-8-17(9-7-16)21(25)26/h2-9,18H,10-14H2,1H3,(H,22,24)(H,25,26)/t18-/m0/s1. The largest absolute Gasteiger partial charge is 0.478 e. The zero-order valence-electron chi connectivity index (χ0n) is 14.9. The van der Waals surface area contributed by atoms with Crippen molar-refractivity contribution in [1.29, 1.82) is 0 Å². The van der Waals surface area contributed by atoms with Crippen molar-refractivity contribution < 1.29 is 14.7 Å². The number of benzene rings is 2. The molecule has 5 nitrogen and oxygen atoms in total. The van der Waals surface area contributed by atoms with Crippen LogP contribution in [-0.4, -0.2) is 48.1 Å². The molecule has 2 aromatic rings. The monoisotopic (exact) mass is 352 g/mol. The van der Waals surface area contributed by atoms with Gasteiger partial charge in [0.2, 0.25) is 0 Å². The smallest absolute Gasteiger partial charge is 0.335 e. The van der Waals surface area contributed by atoms with Crippen LogP contribution in [0, 0.1) is 6.92 Å². The summed E-state index contributed by atoms with van der Waals surface area (Å²) in [5.41, 5.74) is 3.44. The first-order valence-corrected chi connectivity index (χ1v) is 8.94. The minimum atomic E-state index is -0.991. The topological polar surface area (TPSA) is 69.6 Å². The van der Waals surface area contributed by atoms with Crippen molar-refractivity contribution in [2.45, 2.75) is 19.3 Å². The highest BCUT2D eigenvalue weighted by Crippen LogP contribution is 2.28. The molecule has 0 bridgehead atoms. The van der Waals surface area contributed by atoms with Gasteiger partial charge < -0.3 is 15.3 Å². The fourth-order valence-corrected chi connectivity index (χ4v) is 3.53. The van der Waals surface area contributed by atoms with Crippen LogP contribution in [0.25, 0.3) is 0 Å². The summed E-state index contributed by atoms with van der Waals surface area (Å²) in [4.78, 5) is 25.4. The van der Waals surface area contributed by atoms with Crippen LogP contribution in [0.4, 0.5) is 0 Å². The Morgan fingerprint density at radius 3 is 2.50 bits per heavy atom. The summed E-state index contributed by atoms with van der Waals surface area (Å²) in [5.74, 6) is -0.596. The van der Waals surface area contributed by atoms with Crippen molar-refractivity contribution in [3.8, 4) is 0 Å². The van der Waals surface area contributed by atoms with Crippen molar-refractivity contribution in [2.24, 2.45) is 0 Å². The molecule has 2 aromatic carbocycles. The maximum Gasteiger partial charge on any atom is 0.335 e. The summed E-state index contributed by atoms with van der Waals surface area (Å²) in [5, 5.41) is 11.8. The van der Waals surface area contributed by atoms with Gasteiger partial charge in [-0.05, 0) is 61.2 Å². The molecule has 3 rings (SSSR count). The van der Waals surface area contributed by atoms with Crippen molar-refractivity contribution in [2.75, 3.05) is 26.2 Å². The second-order valence-corrected chi connectivity index (χ2v) is 6.78. The molecule has 26 heavy (non-hydrogen) atoms. The number of nitrogens with zero attached hydrogens (tertiary/aromatic N) is 1. The number of nitrogens with one attached hydrogen (secondary N) is 1. The Balaban J connectivity index is 1.46. The Bertz CT molecular complexity index is 786. The first-order valence-electron chi connectivity index (χ1n) is 8.94. The van der Waals surface area contributed by atoms with E-state index >= 15 is 0 Å². The number of rotatable bonds is 6. The van der Waals surface area contributed by atoms with Gasteiger partial charge >= 0.3 is 5.97 Å². The molecular formula is C21H24N2O3. The van der Waals surface area contributed by atoms with Crippen LogP contribution in [0.5, 0.6) is 0 Å². The minimum absolute atomic E-state index is 0.170. The third-order valence-corrected chi connectivity index (χ3v) is 5.01. The lowest BCUT2D eigenvalue weighted by molar-refractivity contribution is 0.0696. The van der Waals surface area contributed by atoms with Crippen molar-refractivity contribution in [3.63, 3.8) is 0 Å². The molecule has 1 aliphatic rings. The van der Waals surface area contributed by atoms with E-state index in [0.29, 0.717) is 18.0 Å². The first-order chi connectivity index (χ1) is 12.5. The molecule has 1 amide bonds. The highest BCUT2D eigenvalue weighted by atomic mass is 16.4. The van der Waals surface area contributed by atoms with E-state index in [9.17, 15) is 9.59 Å². The fourth-order valence-electron chi connectivity index (χ4n) is 3.53. The van der Waals surface area contributed by atoms with Crippen molar-refractivity contribution in [3.05, 3.63) is 70.8 Å². The molecule has 0 unspecified atom stereocenters. The highest BCUT2D eigenvalue weighted by Gasteiger charge is 2.24. The van der Waals surface area contributed by atoms with E-state index < -0.39 is 5.97 Å². The van der Waals surface area contributed by atoms with E-state index in [2.05, 4.69) is 41.4 Å². The number of carbonyl (C=O) groups excluding carboxylic acids is 1. The van der Waals surface area contributed by atoms with Gasteiger partial charge in [-0.15, -0.1) is 0 Å². The van der Waals surface area contributed by atoms with Crippen LogP contribution in [-0.2, 0) is 0 Å². The second kappa shape index (κ2) is 8.15. The van der Waals surface area contributed by atoms with Gasteiger partial charge in [0.1, 0.15) is 0 Å². The van der Waals surface area contributed by atoms with Gasteiger partial charge in [0.25, 0.3) is 5.91 Å². The molecule has 136 valence electrons. The predicted octanol–water partition coefficient (Wildman–Crippen LogP) is 2.91. The predicted molar refractivity (Wildman–Crippen MR) is 101 cm³/mol. The number of likely N-dealkylation sites (tertiary alicyclic amines) is 1. The summed E-state index contributed by atoms with van der Waals surface area (Å²) in [6.45, 7) is 5.63. The molecule has 1 aliphatic heterocycles. The molecule has 1 atom stereocenters. The third-order valence-electron chi connectivity index (χ3n) is 5.01. The van der Waals surface area contributed by atoms with Gasteiger partial charge in [0.05, 0.1) is 5.56 Å². The number of amides is 1. The van der Waals surface area contributed by atoms with Gasteiger partial charge in [-0.2, -0.15) is 0 Å². The average molecular weight is 352 g/mol. The molecule has 0 spiro atoms. The van der Waals surface area contributed by atoms with Crippen molar-refractivity contribution >= 4 is 11.9 Å². The first kappa shape index (κ1) is 18.1. The Morgan fingerprint density at radius 1 is 1.12 bits per heavy atom. The van der Waals surface area contributed by atoms with Crippen LogP contribution in [0.2, 0.25) is 0 Å². The molecule has 0 aromatic heterocycles. The van der Waals surface area contributed by atoms with Gasteiger partial charge in [-0.25, -0.2) is 4.79 Å². The quantitative estimate of drug-likeness (QED) is 0.839. The van der Waals surface area contributed by atoms with E-state index in [1.807, 2.05) is 0 Å².